The largest absolute Gasteiger partial charge is 0.492 e. The second-order valence-electron chi connectivity index (χ2n) is 3.87. The number of ether oxygens (including phenoxy) is 1. The molecule has 0 atom stereocenters. The van der Waals surface area contributed by atoms with Gasteiger partial charge < -0.3 is 10.1 Å². The third-order valence-electron chi connectivity index (χ3n) is 2.47. The summed E-state index contributed by atoms with van der Waals surface area (Å²) in [7, 11) is 0. The van der Waals surface area contributed by atoms with Crippen molar-refractivity contribution in [1.82, 2.24) is 5.32 Å². The summed E-state index contributed by atoms with van der Waals surface area (Å²) in [5, 5.41) is 3.38. The van der Waals surface area contributed by atoms with Gasteiger partial charge in [-0.25, -0.2) is 0 Å². The van der Waals surface area contributed by atoms with Gasteiger partial charge in [0.2, 0.25) is 0 Å². The normalized spacial score (nSPS) is 10.5. The Bertz CT molecular complexity index is 458. The first-order chi connectivity index (χ1) is 8.84. The quantitative estimate of drug-likeness (QED) is 0.783. The molecule has 2 nitrogen and oxygen atoms in total. The van der Waals surface area contributed by atoms with E-state index in [0.717, 1.165) is 25.3 Å². The van der Waals surface area contributed by atoms with Crippen LogP contribution >= 0.6 is 27.3 Å². The van der Waals surface area contributed by atoms with Crippen LogP contribution in [0.1, 0.15) is 4.88 Å². The molecule has 2 aromatic rings. The zero-order valence-corrected chi connectivity index (χ0v) is 12.5. The average Bonchev–Trinajstić information content (AvgIpc) is 2.81. The average molecular weight is 326 g/mol. The van der Waals surface area contributed by atoms with Gasteiger partial charge in [0, 0.05) is 18.0 Å². The topological polar surface area (TPSA) is 21.3 Å². The van der Waals surface area contributed by atoms with Gasteiger partial charge >= 0.3 is 0 Å². The molecule has 1 N–H and O–H groups in total. The summed E-state index contributed by atoms with van der Waals surface area (Å²) in [4.78, 5) is 1.40. The summed E-state index contributed by atoms with van der Waals surface area (Å²) in [6.07, 6.45) is 1.07. The number of rotatable bonds is 7. The van der Waals surface area contributed by atoms with E-state index in [0.29, 0.717) is 6.61 Å². The van der Waals surface area contributed by atoms with Crippen molar-refractivity contribution in [2.75, 3.05) is 19.7 Å². The predicted molar refractivity (Wildman–Crippen MR) is 80.5 cm³/mol. The van der Waals surface area contributed by atoms with E-state index in [1.807, 2.05) is 30.3 Å². The number of nitrogens with one attached hydrogen (secondary N) is 1. The SMILES string of the molecule is Brc1ccc(CCNCCOc2ccccc2)s1. The van der Waals surface area contributed by atoms with E-state index in [1.165, 1.54) is 8.66 Å². The van der Waals surface area contributed by atoms with E-state index < -0.39 is 0 Å². The molecule has 1 heterocycles. The summed E-state index contributed by atoms with van der Waals surface area (Å²) in [5.41, 5.74) is 0. The molecule has 0 fully saturated rings. The lowest BCUT2D eigenvalue weighted by molar-refractivity contribution is 0.314. The molecule has 0 aliphatic heterocycles. The Morgan fingerprint density at radius 2 is 1.89 bits per heavy atom. The van der Waals surface area contributed by atoms with Gasteiger partial charge in [-0.2, -0.15) is 0 Å². The molecule has 0 bridgehead atoms. The predicted octanol–water partition coefficient (Wildman–Crippen LogP) is 3.72. The molecule has 1 aromatic carbocycles. The zero-order valence-electron chi connectivity index (χ0n) is 10.1. The van der Waals surface area contributed by atoms with Crippen molar-refractivity contribution in [1.29, 1.82) is 0 Å². The second kappa shape index (κ2) is 7.56. The van der Waals surface area contributed by atoms with E-state index in [-0.39, 0.29) is 0 Å². The molecule has 96 valence electrons. The van der Waals surface area contributed by atoms with Gasteiger partial charge in [0.05, 0.1) is 3.79 Å². The molecule has 0 unspecified atom stereocenters. The smallest absolute Gasteiger partial charge is 0.119 e. The van der Waals surface area contributed by atoms with Gasteiger partial charge in [0.25, 0.3) is 0 Å². The van der Waals surface area contributed by atoms with Gasteiger partial charge in [-0.15, -0.1) is 11.3 Å². The van der Waals surface area contributed by atoms with E-state index in [1.54, 1.807) is 11.3 Å². The van der Waals surface area contributed by atoms with Gasteiger partial charge in [0.15, 0.2) is 0 Å². The van der Waals surface area contributed by atoms with Gasteiger partial charge in [0.1, 0.15) is 12.4 Å². The lowest BCUT2D eigenvalue weighted by Gasteiger charge is -2.06. The van der Waals surface area contributed by atoms with Crippen LogP contribution in [-0.4, -0.2) is 19.7 Å². The summed E-state index contributed by atoms with van der Waals surface area (Å²) in [6, 6.07) is 14.2. The Balaban J connectivity index is 1.54. The molecule has 4 heteroatoms. The zero-order chi connectivity index (χ0) is 12.6. The molecule has 1 aromatic heterocycles. The van der Waals surface area contributed by atoms with Crippen LogP contribution in [0.2, 0.25) is 0 Å². The maximum absolute atomic E-state index is 5.59. The number of hydrogen-bond donors (Lipinski definition) is 1. The summed E-state index contributed by atoms with van der Waals surface area (Å²) in [6.45, 7) is 2.57. The fraction of sp³-hybridized carbons (Fsp3) is 0.286. The lowest BCUT2D eigenvalue weighted by atomic mass is 10.3. The minimum Gasteiger partial charge on any atom is -0.492 e. The van der Waals surface area contributed by atoms with Crippen LogP contribution in [0, 0.1) is 0 Å². The van der Waals surface area contributed by atoms with Crippen molar-refractivity contribution >= 4 is 27.3 Å². The van der Waals surface area contributed by atoms with Crippen LogP contribution < -0.4 is 10.1 Å². The van der Waals surface area contributed by atoms with E-state index in [9.17, 15) is 0 Å². The highest BCUT2D eigenvalue weighted by molar-refractivity contribution is 9.11. The third kappa shape index (κ3) is 4.80. The molecular formula is C14H16BrNOS. The molecule has 0 aliphatic rings. The van der Waals surface area contributed by atoms with Gasteiger partial charge in [-0.05, 0) is 46.6 Å². The minimum absolute atomic E-state index is 0.706. The first-order valence-corrected chi connectivity index (χ1v) is 7.58. The number of thiophene rings is 1. The molecule has 0 amide bonds. The van der Waals surface area contributed by atoms with E-state index in [4.69, 9.17) is 4.74 Å². The Morgan fingerprint density at radius 3 is 2.61 bits per heavy atom. The molecule has 0 aliphatic carbocycles. The maximum atomic E-state index is 5.59. The number of hydrogen-bond acceptors (Lipinski definition) is 3. The summed E-state index contributed by atoms with van der Waals surface area (Å²) in [5.74, 6) is 0.932. The van der Waals surface area contributed by atoms with E-state index >= 15 is 0 Å². The monoisotopic (exact) mass is 325 g/mol. The molecule has 0 saturated carbocycles. The second-order valence-corrected chi connectivity index (χ2v) is 6.41. The fourth-order valence-electron chi connectivity index (χ4n) is 1.58. The molecule has 2 rings (SSSR count). The van der Waals surface area contributed by atoms with Crippen molar-refractivity contribution in [3.05, 3.63) is 51.1 Å². The molecular weight excluding hydrogens is 310 g/mol. The first-order valence-electron chi connectivity index (χ1n) is 5.97. The summed E-state index contributed by atoms with van der Waals surface area (Å²) >= 11 is 5.26. The molecule has 0 spiro atoms. The van der Waals surface area contributed by atoms with Crippen LogP contribution in [-0.2, 0) is 6.42 Å². The van der Waals surface area contributed by atoms with Crippen molar-refractivity contribution in [3.8, 4) is 5.75 Å². The first kappa shape index (κ1) is 13.6. The van der Waals surface area contributed by atoms with Crippen LogP contribution in [0.5, 0.6) is 5.75 Å². The van der Waals surface area contributed by atoms with Crippen LogP contribution in [0.15, 0.2) is 46.3 Å². The van der Waals surface area contributed by atoms with Crippen LogP contribution in [0.3, 0.4) is 0 Å². The molecule has 0 radical (unpaired) electrons. The Kier molecular flexibility index (Phi) is 5.71. The Labute approximate surface area is 120 Å². The van der Waals surface area contributed by atoms with Crippen molar-refractivity contribution < 1.29 is 4.74 Å². The van der Waals surface area contributed by atoms with E-state index in [2.05, 4.69) is 33.4 Å². The fourth-order valence-corrected chi connectivity index (χ4v) is 3.06. The highest BCUT2D eigenvalue weighted by Crippen LogP contribution is 2.21. The van der Waals surface area contributed by atoms with Crippen molar-refractivity contribution in [2.24, 2.45) is 0 Å². The lowest BCUT2D eigenvalue weighted by Crippen LogP contribution is -2.23. The van der Waals surface area contributed by atoms with Crippen LogP contribution in [0.25, 0.3) is 0 Å². The highest BCUT2D eigenvalue weighted by atomic mass is 79.9. The standard InChI is InChI=1S/C14H16BrNOS/c15-14-7-6-13(18-14)8-9-16-10-11-17-12-4-2-1-3-5-12/h1-7,16H,8-11H2. The van der Waals surface area contributed by atoms with Gasteiger partial charge in [-0.1, -0.05) is 18.2 Å². The maximum Gasteiger partial charge on any atom is 0.119 e. The van der Waals surface area contributed by atoms with Crippen molar-refractivity contribution in [3.63, 3.8) is 0 Å². The number of benzene rings is 1. The number of halogens is 1. The van der Waals surface area contributed by atoms with Crippen molar-refractivity contribution in [2.45, 2.75) is 6.42 Å². The summed E-state index contributed by atoms with van der Waals surface area (Å²) < 4.78 is 6.79. The number of para-hydroxylation sites is 1. The Hall–Kier alpha value is -0.840. The third-order valence-corrected chi connectivity index (χ3v) is 4.15. The molecule has 18 heavy (non-hydrogen) atoms. The van der Waals surface area contributed by atoms with Crippen LogP contribution in [0.4, 0.5) is 0 Å². The van der Waals surface area contributed by atoms with Gasteiger partial charge in [-0.3, -0.25) is 0 Å². The Morgan fingerprint density at radius 1 is 1.06 bits per heavy atom. The minimum atomic E-state index is 0.706. The highest BCUT2D eigenvalue weighted by Gasteiger charge is 1.97. The molecule has 0 saturated heterocycles.